The molecular formula is C28H30N4O. The molecule has 0 heterocycles. The van der Waals surface area contributed by atoms with Gasteiger partial charge in [-0.15, -0.1) is 0 Å². The van der Waals surface area contributed by atoms with Gasteiger partial charge in [-0.25, -0.2) is 9.98 Å². The highest BCUT2D eigenvalue weighted by Gasteiger charge is 2.09. The number of hydrogen-bond acceptors (Lipinski definition) is 3. The molecule has 5 nitrogen and oxygen atoms in total. The molecule has 0 spiro atoms. The Labute approximate surface area is 195 Å². The van der Waals surface area contributed by atoms with Crippen LogP contribution in [0.15, 0.2) is 102 Å². The van der Waals surface area contributed by atoms with E-state index in [-0.39, 0.29) is 5.92 Å². The van der Waals surface area contributed by atoms with Gasteiger partial charge < -0.3 is 16.2 Å². The van der Waals surface area contributed by atoms with Gasteiger partial charge in [-0.3, -0.25) is 0 Å². The minimum atomic E-state index is 0.151. The minimum absolute atomic E-state index is 0.151. The van der Waals surface area contributed by atoms with Crippen LogP contribution in [0, 0.1) is 5.92 Å². The van der Waals surface area contributed by atoms with E-state index in [1.807, 2.05) is 63.2 Å². The first-order valence-corrected chi connectivity index (χ1v) is 10.7. The van der Waals surface area contributed by atoms with Crippen LogP contribution in [-0.2, 0) is 0 Å². The third-order valence-electron chi connectivity index (χ3n) is 5.12. The largest absolute Gasteiger partial charge is 0.463 e. The van der Waals surface area contributed by atoms with E-state index in [2.05, 4.69) is 47.4 Å². The van der Waals surface area contributed by atoms with E-state index in [1.165, 1.54) is 6.26 Å². The molecule has 0 atom stereocenters. The van der Waals surface area contributed by atoms with Crippen molar-refractivity contribution in [2.45, 2.75) is 20.8 Å². The summed E-state index contributed by atoms with van der Waals surface area (Å²) in [6.45, 7) is 13.3. The summed E-state index contributed by atoms with van der Waals surface area (Å²) >= 11 is 0. The standard InChI is InChI=1S/C28H30N4O/c1-6-33-26-17-23(13-16-25(26)32-28(30)19(4)5)22-9-7-20(8-10-22)21-11-14-24(15-12-21)31-27(29)18(2)3/h6-17,19H,1-2H2,3-5H3,(H2,29,31)(H2,30,32). The Morgan fingerprint density at radius 1 is 0.848 bits per heavy atom. The fourth-order valence-corrected chi connectivity index (χ4v) is 3.06. The van der Waals surface area contributed by atoms with E-state index in [4.69, 9.17) is 16.2 Å². The molecule has 0 aliphatic heterocycles. The highest BCUT2D eigenvalue weighted by molar-refractivity contribution is 5.97. The number of ether oxygens (including phenoxy) is 1. The van der Waals surface area contributed by atoms with Gasteiger partial charge in [0.2, 0.25) is 0 Å². The lowest BCUT2D eigenvalue weighted by molar-refractivity contribution is 0.485. The molecule has 5 heteroatoms. The monoisotopic (exact) mass is 438 g/mol. The molecule has 3 aromatic rings. The van der Waals surface area contributed by atoms with Crippen molar-refractivity contribution in [3.63, 3.8) is 0 Å². The first kappa shape index (κ1) is 23.5. The van der Waals surface area contributed by atoms with Gasteiger partial charge in [0.25, 0.3) is 0 Å². The molecule has 0 bridgehead atoms. The van der Waals surface area contributed by atoms with Crippen LogP contribution in [0.25, 0.3) is 22.3 Å². The van der Waals surface area contributed by atoms with Crippen LogP contribution in [0.3, 0.4) is 0 Å². The van der Waals surface area contributed by atoms with E-state index in [1.54, 1.807) is 0 Å². The fourth-order valence-electron chi connectivity index (χ4n) is 3.06. The molecular weight excluding hydrogens is 408 g/mol. The van der Waals surface area contributed by atoms with Crippen molar-refractivity contribution < 1.29 is 4.74 Å². The molecule has 3 rings (SSSR count). The lowest BCUT2D eigenvalue weighted by Crippen LogP contribution is -2.18. The lowest BCUT2D eigenvalue weighted by Gasteiger charge is -2.11. The molecule has 0 unspecified atom stereocenters. The van der Waals surface area contributed by atoms with Crippen LogP contribution < -0.4 is 16.2 Å². The Bertz CT molecular complexity index is 1200. The van der Waals surface area contributed by atoms with Crippen molar-refractivity contribution in [1.29, 1.82) is 0 Å². The van der Waals surface area contributed by atoms with Crippen LogP contribution >= 0.6 is 0 Å². The summed E-state index contributed by atoms with van der Waals surface area (Å²) in [6, 6.07) is 22.2. The molecule has 4 N–H and O–H groups in total. The molecule has 168 valence electrons. The summed E-state index contributed by atoms with van der Waals surface area (Å²) in [5.74, 6) is 1.76. The van der Waals surface area contributed by atoms with Crippen molar-refractivity contribution in [2.24, 2.45) is 27.4 Å². The van der Waals surface area contributed by atoms with Crippen molar-refractivity contribution in [1.82, 2.24) is 0 Å². The number of nitrogens with two attached hydrogens (primary N) is 2. The van der Waals surface area contributed by atoms with Crippen LogP contribution in [0.2, 0.25) is 0 Å². The summed E-state index contributed by atoms with van der Waals surface area (Å²) in [5.41, 5.74) is 18.4. The first-order valence-electron chi connectivity index (χ1n) is 10.7. The Kier molecular flexibility index (Phi) is 7.46. The van der Waals surface area contributed by atoms with E-state index >= 15 is 0 Å². The smallest absolute Gasteiger partial charge is 0.152 e. The Morgan fingerprint density at radius 3 is 1.88 bits per heavy atom. The van der Waals surface area contributed by atoms with E-state index in [9.17, 15) is 0 Å². The summed E-state index contributed by atoms with van der Waals surface area (Å²) in [7, 11) is 0. The topological polar surface area (TPSA) is 86.0 Å². The van der Waals surface area contributed by atoms with Gasteiger partial charge in [-0.2, -0.15) is 0 Å². The quantitative estimate of drug-likeness (QED) is 0.232. The van der Waals surface area contributed by atoms with Crippen LogP contribution in [-0.4, -0.2) is 11.7 Å². The van der Waals surface area contributed by atoms with Crippen LogP contribution in [0.1, 0.15) is 20.8 Å². The van der Waals surface area contributed by atoms with Gasteiger partial charge >= 0.3 is 0 Å². The Hall–Kier alpha value is -4.12. The van der Waals surface area contributed by atoms with Crippen molar-refractivity contribution in [3.8, 4) is 28.0 Å². The van der Waals surface area contributed by atoms with Crippen LogP contribution in [0.4, 0.5) is 11.4 Å². The Morgan fingerprint density at radius 2 is 1.36 bits per heavy atom. The SMILES string of the molecule is C=COc1cc(-c2ccc(-c3ccc(N=C(N)C(=C)C)cc3)cc2)ccc1N=C(N)C(C)C. The zero-order chi connectivity index (χ0) is 24.0. The number of nitrogens with zero attached hydrogens (tertiary/aromatic N) is 2. The minimum Gasteiger partial charge on any atom is -0.463 e. The maximum absolute atomic E-state index is 6.03. The molecule has 0 amide bonds. The first-order chi connectivity index (χ1) is 15.8. The fraction of sp³-hybridized carbons (Fsp3) is 0.143. The predicted molar refractivity (Wildman–Crippen MR) is 140 cm³/mol. The Balaban J connectivity index is 1.86. The van der Waals surface area contributed by atoms with Crippen LogP contribution in [0.5, 0.6) is 5.75 Å². The second-order valence-electron chi connectivity index (χ2n) is 8.06. The number of hydrogen-bond donors (Lipinski definition) is 2. The number of rotatable bonds is 8. The number of benzene rings is 3. The maximum atomic E-state index is 6.03. The van der Waals surface area contributed by atoms with Gasteiger partial charge in [0.05, 0.1) is 11.9 Å². The lowest BCUT2D eigenvalue weighted by atomic mass is 10.00. The highest BCUT2D eigenvalue weighted by Crippen LogP contribution is 2.34. The van der Waals surface area contributed by atoms with E-state index in [0.717, 1.165) is 33.5 Å². The molecule has 33 heavy (non-hydrogen) atoms. The molecule has 0 saturated carbocycles. The van der Waals surface area contributed by atoms with E-state index < -0.39 is 0 Å². The van der Waals surface area contributed by atoms with Crippen molar-refractivity contribution in [3.05, 3.63) is 91.7 Å². The third-order valence-corrected chi connectivity index (χ3v) is 5.12. The molecule has 0 fully saturated rings. The third kappa shape index (κ3) is 5.98. The average molecular weight is 439 g/mol. The zero-order valence-corrected chi connectivity index (χ0v) is 19.4. The van der Waals surface area contributed by atoms with E-state index in [0.29, 0.717) is 23.1 Å². The van der Waals surface area contributed by atoms with Gasteiger partial charge in [0.1, 0.15) is 17.4 Å². The highest BCUT2D eigenvalue weighted by atomic mass is 16.5. The van der Waals surface area contributed by atoms with Gasteiger partial charge in [-0.1, -0.05) is 69.5 Å². The second kappa shape index (κ2) is 10.5. The number of aliphatic imine (C=N–C) groups is 2. The summed E-state index contributed by atoms with van der Waals surface area (Å²) in [4.78, 5) is 8.86. The zero-order valence-electron chi connectivity index (χ0n) is 19.4. The molecule has 3 aromatic carbocycles. The summed E-state index contributed by atoms with van der Waals surface area (Å²) in [6.07, 6.45) is 1.39. The van der Waals surface area contributed by atoms with Gasteiger partial charge in [0.15, 0.2) is 5.75 Å². The molecule has 0 aliphatic carbocycles. The summed E-state index contributed by atoms with van der Waals surface area (Å²) < 4.78 is 5.60. The second-order valence-corrected chi connectivity index (χ2v) is 8.06. The van der Waals surface area contributed by atoms with Crippen molar-refractivity contribution >= 4 is 23.0 Å². The van der Waals surface area contributed by atoms with Gasteiger partial charge in [-0.05, 0) is 59.0 Å². The average Bonchev–Trinajstić information content (AvgIpc) is 2.81. The summed E-state index contributed by atoms with van der Waals surface area (Å²) in [5, 5.41) is 0. The maximum Gasteiger partial charge on any atom is 0.152 e. The van der Waals surface area contributed by atoms with Gasteiger partial charge in [0, 0.05) is 5.92 Å². The normalized spacial score (nSPS) is 12.0. The molecule has 0 saturated heterocycles. The number of amidine groups is 2. The molecule has 0 aliphatic rings. The molecule has 0 aromatic heterocycles. The predicted octanol–water partition coefficient (Wildman–Crippen LogP) is 6.75. The molecule has 0 radical (unpaired) electrons. The van der Waals surface area contributed by atoms with Crippen molar-refractivity contribution in [2.75, 3.05) is 0 Å².